The van der Waals surface area contributed by atoms with Gasteiger partial charge in [0.25, 0.3) is 0 Å². The highest BCUT2D eigenvalue weighted by atomic mass is 79.9. The first kappa shape index (κ1) is 17.6. The predicted molar refractivity (Wildman–Crippen MR) is 94.2 cm³/mol. The zero-order valence-electron chi connectivity index (χ0n) is 13.5. The van der Waals surface area contributed by atoms with Gasteiger partial charge in [-0.1, -0.05) is 61.0 Å². The van der Waals surface area contributed by atoms with Crippen LogP contribution in [-0.4, -0.2) is 5.78 Å². The molecule has 0 aliphatic heterocycles. The van der Waals surface area contributed by atoms with Crippen molar-refractivity contribution >= 4 is 21.7 Å². The topological polar surface area (TPSA) is 17.1 Å². The Morgan fingerprint density at radius 3 is 2.10 bits per heavy atom. The van der Waals surface area contributed by atoms with Gasteiger partial charge in [0.05, 0.1) is 0 Å². The van der Waals surface area contributed by atoms with Gasteiger partial charge in [0, 0.05) is 15.6 Å². The molecule has 2 aromatic carbocycles. The van der Waals surface area contributed by atoms with Crippen LogP contribution in [0.1, 0.15) is 53.4 Å². The van der Waals surface area contributed by atoms with E-state index in [9.17, 15) is 4.79 Å². The fourth-order valence-corrected chi connectivity index (χ4v) is 2.53. The quantitative estimate of drug-likeness (QED) is 0.633. The maximum atomic E-state index is 12.5. The molecule has 0 bridgehead atoms. The molecule has 0 fully saturated rings. The molecular formula is C19H23BrO. The monoisotopic (exact) mass is 346 g/mol. The standard InChI is InChI=1S/C17H17BrO.C2H6/c1-4-13-5-7-14(8-6-13)17(19)15-9-12(3)16(18)10-11(15)2;1-2/h5-10H,4H2,1-3H3;1-2H3. The van der Waals surface area contributed by atoms with Crippen molar-refractivity contribution in [3.63, 3.8) is 0 Å². The summed E-state index contributed by atoms with van der Waals surface area (Å²) in [5, 5.41) is 0. The summed E-state index contributed by atoms with van der Waals surface area (Å²) in [5.74, 6) is 0.0933. The summed E-state index contributed by atoms with van der Waals surface area (Å²) in [6.07, 6.45) is 0.991. The number of ketones is 1. The predicted octanol–water partition coefficient (Wildman–Crippen LogP) is 5.89. The molecule has 2 rings (SSSR count). The Bertz CT molecular complexity index is 612. The highest BCUT2D eigenvalue weighted by Crippen LogP contribution is 2.23. The van der Waals surface area contributed by atoms with E-state index in [1.807, 2.05) is 64.1 Å². The Hall–Kier alpha value is -1.41. The largest absolute Gasteiger partial charge is 0.289 e. The van der Waals surface area contributed by atoms with Crippen molar-refractivity contribution in [3.8, 4) is 0 Å². The average Bonchev–Trinajstić information content (AvgIpc) is 2.52. The van der Waals surface area contributed by atoms with Crippen LogP contribution in [0.3, 0.4) is 0 Å². The van der Waals surface area contributed by atoms with Crippen molar-refractivity contribution in [2.24, 2.45) is 0 Å². The van der Waals surface area contributed by atoms with Crippen molar-refractivity contribution in [3.05, 3.63) is 68.7 Å². The summed E-state index contributed by atoms with van der Waals surface area (Å²) in [7, 11) is 0. The lowest BCUT2D eigenvalue weighted by molar-refractivity contribution is 0.103. The highest BCUT2D eigenvalue weighted by Gasteiger charge is 2.13. The van der Waals surface area contributed by atoms with Gasteiger partial charge in [0.2, 0.25) is 0 Å². The zero-order chi connectivity index (χ0) is 16.0. The number of aryl methyl sites for hydroxylation is 3. The molecule has 112 valence electrons. The molecule has 0 unspecified atom stereocenters. The minimum atomic E-state index is 0.0933. The smallest absolute Gasteiger partial charge is 0.193 e. The van der Waals surface area contributed by atoms with Crippen LogP contribution in [0.5, 0.6) is 0 Å². The molecule has 0 heterocycles. The number of rotatable bonds is 3. The Kier molecular flexibility index (Phi) is 6.83. The first-order chi connectivity index (χ1) is 10.0. The molecule has 0 saturated heterocycles. The molecule has 0 atom stereocenters. The molecule has 2 aromatic rings. The van der Waals surface area contributed by atoms with Crippen molar-refractivity contribution in [1.82, 2.24) is 0 Å². The van der Waals surface area contributed by atoms with Crippen molar-refractivity contribution < 1.29 is 4.79 Å². The third-order valence-corrected chi connectivity index (χ3v) is 4.23. The van der Waals surface area contributed by atoms with Gasteiger partial charge in [-0.2, -0.15) is 0 Å². The maximum absolute atomic E-state index is 12.5. The van der Waals surface area contributed by atoms with E-state index >= 15 is 0 Å². The summed E-state index contributed by atoms with van der Waals surface area (Å²) in [5.41, 5.74) is 4.87. The van der Waals surface area contributed by atoms with Crippen LogP contribution in [0.2, 0.25) is 0 Å². The molecule has 0 N–H and O–H groups in total. The van der Waals surface area contributed by atoms with Gasteiger partial charge in [-0.3, -0.25) is 4.79 Å². The van der Waals surface area contributed by atoms with Crippen LogP contribution in [0, 0.1) is 13.8 Å². The van der Waals surface area contributed by atoms with Crippen molar-refractivity contribution in [1.29, 1.82) is 0 Å². The van der Waals surface area contributed by atoms with Gasteiger partial charge >= 0.3 is 0 Å². The lowest BCUT2D eigenvalue weighted by Gasteiger charge is -2.08. The number of hydrogen-bond acceptors (Lipinski definition) is 1. The third-order valence-electron chi connectivity index (χ3n) is 3.37. The second-order valence-electron chi connectivity index (χ2n) is 4.80. The van der Waals surface area contributed by atoms with Crippen LogP contribution in [-0.2, 0) is 6.42 Å². The van der Waals surface area contributed by atoms with E-state index in [2.05, 4.69) is 22.9 Å². The van der Waals surface area contributed by atoms with Crippen molar-refractivity contribution in [2.45, 2.75) is 41.0 Å². The van der Waals surface area contributed by atoms with Crippen LogP contribution in [0.4, 0.5) is 0 Å². The number of halogens is 1. The van der Waals surface area contributed by atoms with E-state index in [0.29, 0.717) is 0 Å². The lowest BCUT2D eigenvalue weighted by Crippen LogP contribution is -2.04. The summed E-state index contributed by atoms with van der Waals surface area (Å²) >= 11 is 3.49. The second kappa shape index (κ2) is 8.14. The fraction of sp³-hybridized carbons (Fsp3) is 0.316. The first-order valence-corrected chi connectivity index (χ1v) is 8.22. The molecule has 0 aliphatic rings. The molecule has 0 saturated carbocycles. The van der Waals surface area contributed by atoms with E-state index in [1.54, 1.807) is 0 Å². The fourth-order valence-electron chi connectivity index (χ4n) is 2.07. The minimum Gasteiger partial charge on any atom is -0.289 e. The Morgan fingerprint density at radius 2 is 1.57 bits per heavy atom. The first-order valence-electron chi connectivity index (χ1n) is 7.43. The molecule has 0 spiro atoms. The van der Waals surface area contributed by atoms with Gasteiger partial charge in [0.1, 0.15) is 0 Å². The molecule has 0 aliphatic carbocycles. The maximum Gasteiger partial charge on any atom is 0.193 e. The molecule has 0 amide bonds. The van der Waals surface area contributed by atoms with Gasteiger partial charge in [0.15, 0.2) is 5.78 Å². The van der Waals surface area contributed by atoms with Crippen LogP contribution < -0.4 is 0 Å². The van der Waals surface area contributed by atoms with E-state index in [0.717, 1.165) is 33.1 Å². The average molecular weight is 347 g/mol. The normalized spacial score (nSPS) is 9.81. The third kappa shape index (κ3) is 4.28. The Labute approximate surface area is 136 Å². The van der Waals surface area contributed by atoms with Crippen LogP contribution >= 0.6 is 15.9 Å². The van der Waals surface area contributed by atoms with Gasteiger partial charge < -0.3 is 0 Å². The minimum absolute atomic E-state index is 0.0933. The summed E-state index contributed by atoms with van der Waals surface area (Å²) in [4.78, 5) is 12.5. The Morgan fingerprint density at radius 1 is 1.00 bits per heavy atom. The number of carbonyl (C=O) groups excluding carboxylic acids is 1. The SMILES string of the molecule is CC.CCc1ccc(C(=O)c2cc(C)c(Br)cc2C)cc1. The molecule has 1 nitrogen and oxygen atoms in total. The van der Waals surface area contributed by atoms with E-state index < -0.39 is 0 Å². The van der Waals surface area contributed by atoms with Crippen LogP contribution in [0.15, 0.2) is 40.9 Å². The molecule has 0 radical (unpaired) electrons. The molecule has 21 heavy (non-hydrogen) atoms. The second-order valence-corrected chi connectivity index (χ2v) is 5.65. The molecule has 0 aromatic heterocycles. The summed E-state index contributed by atoms with van der Waals surface area (Å²) in [6.45, 7) is 10.1. The number of carbonyl (C=O) groups is 1. The number of hydrogen-bond donors (Lipinski definition) is 0. The van der Waals surface area contributed by atoms with Gasteiger partial charge in [-0.25, -0.2) is 0 Å². The van der Waals surface area contributed by atoms with Crippen molar-refractivity contribution in [2.75, 3.05) is 0 Å². The summed E-state index contributed by atoms with van der Waals surface area (Å²) < 4.78 is 1.04. The van der Waals surface area contributed by atoms with Crippen LogP contribution in [0.25, 0.3) is 0 Å². The summed E-state index contributed by atoms with van der Waals surface area (Å²) in [6, 6.07) is 11.8. The number of benzene rings is 2. The lowest BCUT2D eigenvalue weighted by atomic mass is 9.96. The highest BCUT2D eigenvalue weighted by molar-refractivity contribution is 9.10. The van der Waals surface area contributed by atoms with E-state index in [-0.39, 0.29) is 5.78 Å². The van der Waals surface area contributed by atoms with E-state index in [4.69, 9.17) is 0 Å². The zero-order valence-corrected chi connectivity index (χ0v) is 15.0. The Balaban J connectivity index is 0.00000106. The molecule has 2 heteroatoms. The van der Waals surface area contributed by atoms with Gasteiger partial charge in [-0.05, 0) is 49.1 Å². The molecular weight excluding hydrogens is 324 g/mol. The van der Waals surface area contributed by atoms with Gasteiger partial charge in [-0.15, -0.1) is 0 Å². The van der Waals surface area contributed by atoms with E-state index in [1.165, 1.54) is 5.56 Å².